The molecule has 0 aromatic heterocycles. The van der Waals surface area contributed by atoms with Crippen molar-refractivity contribution >= 4 is 14.6 Å². The van der Waals surface area contributed by atoms with Crippen LogP contribution in [0.5, 0.6) is 0 Å². The Morgan fingerprint density at radius 1 is 0.500 bits per heavy atom. The number of amides is 1. The van der Waals surface area contributed by atoms with Gasteiger partial charge < -0.3 is 4.98 Å². The van der Waals surface area contributed by atoms with E-state index in [1.54, 1.807) is 0 Å². The number of carbonyl (C=O) groups is 1. The number of hydrogen-bond acceptors (Lipinski definition) is 1. The minimum atomic E-state index is -1.62. The lowest BCUT2D eigenvalue weighted by Crippen LogP contribution is -2.49. The zero-order valence-corrected chi connectivity index (χ0v) is 20.8. The Morgan fingerprint density at radius 2 is 0.786 bits per heavy atom. The van der Waals surface area contributed by atoms with Crippen LogP contribution in [-0.4, -0.2) is 14.6 Å². The molecule has 0 aromatic rings. The lowest BCUT2D eigenvalue weighted by molar-refractivity contribution is -0.108. The van der Waals surface area contributed by atoms with Crippen LogP contribution in [0, 0.1) is 0 Å². The molecule has 0 unspecified atom stereocenters. The predicted octanol–water partition coefficient (Wildman–Crippen LogP) is 8.76. The number of unbranched alkanes of at least 4 members (excludes halogenated alkanes) is 15. The van der Waals surface area contributed by atoms with Gasteiger partial charge in [0.1, 0.15) is 0 Å². The highest BCUT2D eigenvalue weighted by Gasteiger charge is 2.31. The molecular formula is C25H53NOSi. The van der Waals surface area contributed by atoms with E-state index in [0.717, 1.165) is 6.41 Å². The van der Waals surface area contributed by atoms with E-state index in [4.69, 9.17) is 0 Å². The summed E-state index contributed by atoms with van der Waals surface area (Å²) in [6.07, 6.45) is 25.6. The molecule has 0 aromatic carbocycles. The molecule has 1 N–H and O–H groups in total. The lowest BCUT2D eigenvalue weighted by Gasteiger charge is -2.31. The Morgan fingerprint density at radius 3 is 1.07 bits per heavy atom. The van der Waals surface area contributed by atoms with Crippen molar-refractivity contribution in [2.45, 2.75) is 154 Å². The average Bonchev–Trinajstić information content (AvgIpc) is 2.70. The predicted molar refractivity (Wildman–Crippen MR) is 130 cm³/mol. The molecule has 0 heterocycles. The van der Waals surface area contributed by atoms with Gasteiger partial charge in [0.15, 0.2) is 14.6 Å². The van der Waals surface area contributed by atoms with E-state index in [1.165, 1.54) is 134 Å². The van der Waals surface area contributed by atoms with E-state index in [0.29, 0.717) is 0 Å². The number of carbonyl (C=O) groups excluding carboxylic acids is 1. The molecule has 1 amide bonds. The number of rotatable bonds is 23. The fourth-order valence-corrected chi connectivity index (χ4v) is 8.66. The van der Waals surface area contributed by atoms with Crippen LogP contribution in [0.2, 0.25) is 18.1 Å². The highest BCUT2D eigenvalue weighted by molar-refractivity contribution is 6.79. The van der Waals surface area contributed by atoms with Crippen LogP contribution < -0.4 is 4.98 Å². The Hall–Kier alpha value is -0.313. The minimum absolute atomic E-state index is 1.05. The van der Waals surface area contributed by atoms with Crippen molar-refractivity contribution in [1.29, 1.82) is 0 Å². The van der Waals surface area contributed by atoms with Gasteiger partial charge in [-0.05, 0) is 18.1 Å². The third-order valence-corrected chi connectivity index (χ3v) is 11.1. The summed E-state index contributed by atoms with van der Waals surface area (Å²) in [4.78, 5) is 14.9. The minimum Gasteiger partial charge on any atom is -0.384 e. The molecule has 0 bridgehead atoms. The maximum absolute atomic E-state index is 11.5. The molecule has 0 fully saturated rings. The normalized spacial score (nSPS) is 11.7. The Kier molecular flexibility index (Phi) is 21.2. The highest BCUT2D eigenvalue weighted by atomic mass is 28.3. The van der Waals surface area contributed by atoms with Gasteiger partial charge in [-0.15, -0.1) is 0 Å². The highest BCUT2D eigenvalue weighted by Crippen LogP contribution is 2.27. The summed E-state index contributed by atoms with van der Waals surface area (Å²) in [5, 5.41) is 0. The Labute approximate surface area is 179 Å². The quantitative estimate of drug-likeness (QED) is 0.102. The second-order valence-electron chi connectivity index (χ2n) is 9.10. The molecule has 0 rings (SSSR count). The van der Waals surface area contributed by atoms with Gasteiger partial charge in [0.2, 0.25) is 0 Å². The van der Waals surface area contributed by atoms with Crippen molar-refractivity contribution in [2.75, 3.05) is 0 Å². The summed E-state index contributed by atoms with van der Waals surface area (Å²) in [7, 11) is -1.62. The molecular weight excluding hydrogens is 358 g/mol. The zero-order chi connectivity index (χ0) is 20.8. The monoisotopic (exact) mass is 411 g/mol. The first-order chi connectivity index (χ1) is 13.7. The topological polar surface area (TPSA) is 29.1 Å². The molecule has 0 atom stereocenters. The maximum atomic E-state index is 11.5. The molecule has 0 saturated heterocycles. The summed E-state index contributed by atoms with van der Waals surface area (Å²) in [6, 6.07) is 3.96. The summed E-state index contributed by atoms with van der Waals surface area (Å²) in [6.45, 7) is 6.85. The summed E-state index contributed by atoms with van der Waals surface area (Å²) < 4.78 is 0. The third kappa shape index (κ3) is 16.6. The van der Waals surface area contributed by atoms with Gasteiger partial charge in [0.25, 0.3) is 0 Å². The number of hydrogen-bond donors (Lipinski definition) is 1. The van der Waals surface area contributed by atoms with Crippen LogP contribution in [0.3, 0.4) is 0 Å². The molecule has 28 heavy (non-hydrogen) atoms. The molecule has 0 aliphatic rings. The van der Waals surface area contributed by atoms with Crippen molar-refractivity contribution in [1.82, 2.24) is 4.98 Å². The van der Waals surface area contributed by atoms with E-state index in [2.05, 4.69) is 25.8 Å². The van der Waals surface area contributed by atoms with Crippen LogP contribution in [0.4, 0.5) is 0 Å². The molecule has 2 nitrogen and oxygen atoms in total. The molecule has 0 radical (unpaired) electrons. The second-order valence-corrected chi connectivity index (χ2v) is 13.4. The fraction of sp³-hybridized carbons (Fsp3) is 0.960. The molecule has 3 heteroatoms. The fourth-order valence-electron chi connectivity index (χ4n) is 4.45. The van der Waals surface area contributed by atoms with Gasteiger partial charge in [-0.25, -0.2) is 0 Å². The van der Waals surface area contributed by atoms with Gasteiger partial charge in [-0.1, -0.05) is 136 Å². The van der Waals surface area contributed by atoms with Gasteiger partial charge in [0.05, 0.1) is 0 Å². The van der Waals surface area contributed by atoms with Gasteiger partial charge in [-0.2, -0.15) is 0 Å². The summed E-state index contributed by atoms with van der Waals surface area (Å²) >= 11 is 0. The van der Waals surface area contributed by atoms with Gasteiger partial charge >= 0.3 is 0 Å². The molecule has 0 saturated carbocycles. The lowest BCUT2D eigenvalue weighted by atomic mass is 10.1. The third-order valence-electron chi connectivity index (χ3n) is 6.39. The first-order valence-electron chi connectivity index (χ1n) is 13.0. The van der Waals surface area contributed by atoms with E-state index in [1.807, 2.05) is 0 Å². The van der Waals surface area contributed by atoms with Crippen LogP contribution in [0.1, 0.15) is 136 Å². The van der Waals surface area contributed by atoms with E-state index in [-0.39, 0.29) is 0 Å². The standard InChI is InChI=1S/C25H53NOSi/c1-4-7-10-13-16-19-22-28(26-25-27,23-20-17-14-11-8-5-2)24-21-18-15-12-9-6-3/h25H,4-24H2,1-3H3,(H,26,27). The largest absolute Gasteiger partial charge is 0.384 e. The SMILES string of the molecule is CCCCCCCC[Si](CCCCCCCC)(CCCCCCCC)NC=O. The van der Waals surface area contributed by atoms with Crippen LogP contribution in [0.25, 0.3) is 0 Å². The second kappa shape index (κ2) is 21.4. The van der Waals surface area contributed by atoms with E-state index in [9.17, 15) is 4.79 Å². The summed E-state index contributed by atoms with van der Waals surface area (Å²) in [5.41, 5.74) is 0. The maximum Gasteiger partial charge on any atom is 0.199 e. The van der Waals surface area contributed by atoms with Crippen molar-refractivity contribution in [2.24, 2.45) is 0 Å². The van der Waals surface area contributed by atoms with Crippen molar-refractivity contribution in [3.63, 3.8) is 0 Å². The Bertz CT molecular complexity index is 281. The van der Waals surface area contributed by atoms with E-state index >= 15 is 0 Å². The van der Waals surface area contributed by atoms with Crippen LogP contribution in [-0.2, 0) is 4.79 Å². The smallest absolute Gasteiger partial charge is 0.199 e. The first-order valence-corrected chi connectivity index (χ1v) is 15.6. The van der Waals surface area contributed by atoms with Crippen molar-refractivity contribution in [3.05, 3.63) is 0 Å². The Balaban J connectivity index is 4.41. The number of nitrogens with one attached hydrogen (secondary N) is 1. The van der Waals surface area contributed by atoms with Crippen molar-refractivity contribution < 1.29 is 4.79 Å². The zero-order valence-electron chi connectivity index (χ0n) is 19.8. The van der Waals surface area contributed by atoms with E-state index < -0.39 is 8.24 Å². The molecule has 0 aliphatic heterocycles. The molecule has 0 spiro atoms. The average molecular weight is 412 g/mol. The van der Waals surface area contributed by atoms with Gasteiger partial charge in [-0.3, -0.25) is 4.79 Å². The summed E-state index contributed by atoms with van der Waals surface area (Å²) in [5.74, 6) is 0. The van der Waals surface area contributed by atoms with Crippen LogP contribution in [0.15, 0.2) is 0 Å². The van der Waals surface area contributed by atoms with Crippen LogP contribution >= 0.6 is 0 Å². The molecule has 0 aliphatic carbocycles. The van der Waals surface area contributed by atoms with Crippen molar-refractivity contribution in [3.8, 4) is 0 Å². The molecule has 168 valence electrons. The van der Waals surface area contributed by atoms with Gasteiger partial charge in [0, 0.05) is 0 Å². The first kappa shape index (κ1) is 27.7.